The maximum Gasteiger partial charge on any atom is 0.225 e. The molecule has 1 heterocycles. The van der Waals surface area contributed by atoms with Gasteiger partial charge in [0.15, 0.2) is 0 Å². The van der Waals surface area contributed by atoms with Gasteiger partial charge in [-0.3, -0.25) is 4.79 Å². The fourth-order valence-corrected chi connectivity index (χ4v) is 2.73. The Morgan fingerprint density at radius 3 is 3.00 bits per heavy atom. The maximum absolute atomic E-state index is 12.1. The third-order valence-corrected chi connectivity index (χ3v) is 3.90. The molecule has 7 heteroatoms. The van der Waals surface area contributed by atoms with Crippen LogP contribution in [0.1, 0.15) is 32.6 Å². The largest absolute Gasteiger partial charge is 0.365 e. The average Bonchev–Trinajstić information content (AvgIpc) is 2.88. The summed E-state index contributed by atoms with van der Waals surface area (Å²) in [6.45, 7) is 2.75. The summed E-state index contributed by atoms with van der Waals surface area (Å²) in [4.78, 5) is 20.0. The standard InChI is InChI=1S/C13H18Cl2N4O/c1-2-6-16-12(20)8-4-3-5-10(8)18-11-9(14)7-17-13(15)19-11/h7-8,10H,2-6H2,1H3,(H,16,20)(H,17,18,19)/t8-,10+/m0/s1. The van der Waals surface area contributed by atoms with Crippen molar-refractivity contribution in [3.63, 3.8) is 0 Å². The lowest BCUT2D eigenvalue weighted by molar-refractivity contribution is -0.124. The molecule has 0 bridgehead atoms. The van der Waals surface area contributed by atoms with Crippen molar-refractivity contribution in [1.82, 2.24) is 15.3 Å². The van der Waals surface area contributed by atoms with Crippen LogP contribution in [0.15, 0.2) is 6.20 Å². The van der Waals surface area contributed by atoms with E-state index < -0.39 is 0 Å². The first-order valence-electron chi connectivity index (χ1n) is 6.84. The number of carbonyl (C=O) groups excluding carboxylic acids is 1. The third kappa shape index (κ3) is 3.73. The molecule has 110 valence electrons. The summed E-state index contributed by atoms with van der Waals surface area (Å²) < 4.78 is 0. The molecule has 1 aromatic heterocycles. The monoisotopic (exact) mass is 316 g/mol. The first-order chi connectivity index (χ1) is 9.61. The number of amides is 1. The number of carbonyl (C=O) groups is 1. The van der Waals surface area contributed by atoms with Crippen molar-refractivity contribution in [3.05, 3.63) is 16.5 Å². The van der Waals surface area contributed by atoms with Crippen molar-refractivity contribution in [1.29, 1.82) is 0 Å². The number of hydrogen-bond acceptors (Lipinski definition) is 4. The lowest BCUT2D eigenvalue weighted by Gasteiger charge is -2.21. The molecule has 1 aliphatic carbocycles. The Bertz CT molecular complexity index is 483. The Balaban J connectivity index is 2.04. The second-order valence-corrected chi connectivity index (χ2v) is 5.66. The number of anilines is 1. The zero-order valence-electron chi connectivity index (χ0n) is 11.3. The minimum atomic E-state index is -0.0497. The van der Waals surface area contributed by atoms with Crippen LogP contribution in [-0.4, -0.2) is 28.5 Å². The normalized spacial score (nSPS) is 21.8. The molecule has 1 saturated carbocycles. The van der Waals surface area contributed by atoms with Crippen molar-refractivity contribution in [2.24, 2.45) is 5.92 Å². The molecule has 2 N–H and O–H groups in total. The van der Waals surface area contributed by atoms with Crippen LogP contribution in [0.3, 0.4) is 0 Å². The zero-order valence-corrected chi connectivity index (χ0v) is 12.8. The van der Waals surface area contributed by atoms with Gasteiger partial charge < -0.3 is 10.6 Å². The van der Waals surface area contributed by atoms with Gasteiger partial charge in [-0.2, -0.15) is 4.98 Å². The smallest absolute Gasteiger partial charge is 0.225 e. The van der Waals surface area contributed by atoms with E-state index >= 15 is 0 Å². The molecule has 2 atom stereocenters. The summed E-state index contributed by atoms with van der Waals surface area (Å²) in [5.41, 5.74) is 0. The van der Waals surface area contributed by atoms with Crippen molar-refractivity contribution < 1.29 is 4.79 Å². The number of aromatic nitrogens is 2. The van der Waals surface area contributed by atoms with Crippen LogP contribution in [0.5, 0.6) is 0 Å². The Hall–Kier alpha value is -1.07. The minimum Gasteiger partial charge on any atom is -0.365 e. The highest BCUT2D eigenvalue weighted by Gasteiger charge is 2.33. The Kier molecular flexibility index (Phi) is 5.43. The van der Waals surface area contributed by atoms with E-state index in [1.807, 2.05) is 6.92 Å². The summed E-state index contributed by atoms with van der Waals surface area (Å²) >= 11 is 11.8. The van der Waals surface area contributed by atoms with Crippen molar-refractivity contribution >= 4 is 34.9 Å². The quantitative estimate of drug-likeness (QED) is 0.820. The van der Waals surface area contributed by atoms with Crippen LogP contribution in [0, 0.1) is 5.92 Å². The second-order valence-electron chi connectivity index (χ2n) is 4.91. The van der Waals surface area contributed by atoms with Gasteiger partial charge in [0.1, 0.15) is 10.8 Å². The summed E-state index contributed by atoms with van der Waals surface area (Å²) in [5.74, 6) is 0.538. The van der Waals surface area contributed by atoms with Gasteiger partial charge in [0.2, 0.25) is 11.2 Å². The van der Waals surface area contributed by atoms with E-state index in [0.717, 1.165) is 25.7 Å². The number of nitrogens with zero attached hydrogens (tertiary/aromatic N) is 2. The van der Waals surface area contributed by atoms with Crippen LogP contribution in [0.25, 0.3) is 0 Å². The number of halogens is 2. The second kappa shape index (κ2) is 7.09. The van der Waals surface area contributed by atoms with E-state index in [1.165, 1.54) is 6.20 Å². The number of rotatable bonds is 5. The van der Waals surface area contributed by atoms with Gasteiger partial charge in [-0.25, -0.2) is 4.98 Å². The number of nitrogens with one attached hydrogen (secondary N) is 2. The van der Waals surface area contributed by atoms with Gasteiger partial charge in [-0.1, -0.05) is 24.9 Å². The molecule has 0 unspecified atom stereocenters. The summed E-state index contributed by atoms with van der Waals surface area (Å²) in [7, 11) is 0. The molecular formula is C13H18Cl2N4O. The van der Waals surface area contributed by atoms with Crippen LogP contribution in [0.2, 0.25) is 10.3 Å². The topological polar surface area (TPSA) is 66.9 Å². The molecular weight excluding hydrogens is 299 g/mol. The van der Waals surface area contributed by atoms with E-state index in [-0.39, 0.29) is 23.2 Å². The Morgan fingerprint density at radius 2 is 2.25 bits per heavy atom. The predicted molar refractivity (Wildman–Crippen MR) is 80.1 cm³/mol. The summed E-state index contributed by atoms with van der Waals surface area (Å²) in [6.07, 6.45) is 5.20. The molecule has 0 aromatic carbocycles. The molecule has 20 heavy (non-hydrogen) atoms. The maximum atomic E-state index is 12.1. The fraction of sp³-hybridized carbons (Fsp3) is 0.615. The van der Waals surface area contributed by atoms with E-state index in [1.54, 1.807) is 0 Å². The molecule has 5 nitrogen and oxygen atoms in total. The van der Waals surface area contributed by atoms with Crippen LogP contribution in [-0.2, 0) is 4.79 Å². The highest BCUT2D eigenvalue weighted by Crippen LogP contribution is 2.30. The first kappa shape index (κ1) is 15.3. The number of hydrogen-bond donors (Lipinski definition) is 2. The lowest BCUT2D eigenvalue weighted by atomic mass is 10.0. The van der Waals surface area contributed by atoms with Gasteiger partial charge in [-0.15, -0.1) is 0 Å². The molecule has 2 rings (SSSR count). The van der Waals surface area contributed by atoms with Gasteiger partial charge >= 0.3 is 0 Å². The van der Waals surface area contributed by atoms with E-state index in [4.69, 9.17) is 23.2 Å². The van der Waals surface area contributed by atoms with Crippen LogP contribution < -0.4 is 10.6 Å². The SMILES string of the molecule is CCCNC(=O)[C@H]1CCC[C@H]1Nc1nc(Cl)ncc1Cl. The van der Waals surface area contributed by atoms with Gasteiger partial charge in [0, 0.05) is 12.6 Å². The highest BCUT2D eigenvalue weighted by molar-refractivity contribution is 6.33. The van der Waals surface area contributed by atoms with Crippen molar-refractivity contribution in [2.45, 2.75) is 38.6 Å². The third-order valence-electron chi connectivity index (χ3n) is 3.44. The van der Waals surface area contributed by atoms with Crippen molar-refractivity contribution in [3.8, 4) is 0 Å². The van der Waals surface area contributed by atoms with Gasteiger partial charge in [-0.05, 0) is 30.9 Å². The summed E-state index contributed by atoms with van der Waals surface area (Å²) in [6, 6.07) is 0.0373. The average molecular weight is 317 g/mol. The molecule has 1 aromatic rings. The van der Waals surface area contributed by atoms with Gasteiger partial charge in [0.05, 0.1) is 12.1 Å². The van der Waals surface area contributed by atoms with Crippen LogP contribution >= 0.6 is 23.2 Å². The molecule has 0 spiro atoms. The van der Waals surface area contributed by atoms with E-state index in [9.17, 15) is 4.79 Å². The summed E-state index contributed by atoms with van der Waals surface area (Å²) in [5, 5.41) is 6.73. The lowest BCUT2D eigenvalue weighted by Crippen LogP contribution is -2.38. The van der Waals surface area contributed by atoms with Crippen molar-refractivity contribution in [2.75, 3.05) is 11.9 Å². The zero-order chi connectivity index (χ0) is 14.5. The molecule has 0 saturated heterocycles. The van der Waals surface area contributed by atoms with E-state index in [0.29, 0.717) is 17.4 Å². The highest BCUT2D eigenvalue weighted by atomic mass is 35.5. The van der Waals surface area contributed by atoms with Crippen LogP contribution in [0.4, 0.5) is 5.82 Å². The molecule has 1 fully saturated rings. The fourth-order valence-electron chi connectivity index (χ4n) is 2.45. The molecule has 0 radical (unpaired) electrons. The molecule has 1 amide bonds. The first-order valence-corrected chi connectivity index (χ1v) is 7.59. The minimum absolute atomic E-state index is 0.0373. The Labute approximate surface area is 128 Å². The van der Waals surface area contributed by atoms with E-state index in [2.05, 4.69) is 20.6 Å². The molecule has 1 aliphatic rings. The predicted octanol–water partition coefficient (Wildman–Crippen LogP) is 2.89. The molecule has 0 aliphatic heterocycles. The van der Waals surface area contributed by atoms with Gasteiger partial charge in [0.25, 0.3) is 0 Å². The Morgan fingerprint density at radius 1 is 1.45 bits per heavy atom.